The van der Waals surface area contributed by atoms with E-state index in [9.17, 15) is 4.79 Å². The summed E-state index contributed by atoms with van der Waals surface area (Å²) in [5, 5.41) is 3.54. The zero-order chi connectivity index (χ0) is 16.7. The highest BCUT2D eigenvalue weighted by Gasteiger charge is 2.05. The Morgan fingerprint density at radius 1 is 1.13 bits per heavy atom. The van der Waals surface area contributed by atoms with E-state index in [4.69, 9.17) is 21.1 Å². The van der Waals surface area contributed by atoms with Gasteiger partial charge in [0, 0.05) is 17.1 Å². The average molecular weight is 334 g/mol. The van der Waals surface area contributed by atoms with Crippen molar-refractivity contribution in [2.24, 2.45) is 0 Å². The first-order chi connectivity index (χ1) is 11.1. The molecule has 0 heterocycles. The Labute approximate surface area is 141 Å². The molecule has 0 spiro atoms. The van der Waals surface area contributed by atoms with Crippen molar-refractivity contribution >= 4 is 23.2 Å². The lowest BCUT2D eigenvalue weighted by Crippen LogP contribution is -2.13. The Kier molecular flexibility index (Phi) is 6.29. The third-order valence-corrected chi connectivity index (χ3v) is 3.57. The first-order valence-electron chi connectivity index (χ1n) is 7.41. The van der Waals surface area contributed by atoms with E-state index in [1.165, 1.54) is 0 Å². The van der Waals surface area contributed by atoms with Crippen LogP contribution in [0.15, 0.2) is 42.5 Å². The Bertz CT molecular complexity index is 656. The summed E-state index contributed by atoms with van der Waals surface area (Å²) in [5.41, 5.74) is 1.73. The first-order valence-corrected chi connectivity index (χ1v) is 7.79. The SMILES string of the molecule is COc1ccc(OCCCC(=O)Nc2ccc(Cl)cc2C)cc1. The van der Waals surface area contributed by atoms with Crippen LogP contribution in [-0.4, -0.2) is 19.6 Å². The van der Waals surface area contributed by atoms with Crippen molar-refractivity contribution < 1.29 is 14.3 Å². The third-order valence-electron chi connectivity index (χ3n) is 3.34. The van der Waals surface area contributed by atoms with Gasteiger partial charge in [0.2, 0.25) is 5.91 Å². The Balaban J connectivity index is 1.72. The predicted octanol–water partition coefficient (Wildman–Crippen LogP) is 4.45. The molecule has 1 amide bonds. The molecule has 0 unspecified atom stereocenters. The van der Waals surface area contributed by atoms with Gasteiger partial charge < -0.3 is 14.8 Å². The first kappa shape index (κ1) is 17.2. The number of nitrogens with one attached hydrogen (secondary N) is 1. The van der Waals surface area contributed by atoms with Crippen molar-refractivity contribution in [3.05, 3.63) is 53.1 Å². The molecule has 0 saturated heterocycles. The van der Waals surface area contributed by atoms with Gasteiger partial charge in [0.25, 0.3) is 0 Å². The summed E-state index contributed by atoms with van der Waals surface area (Å²) < 4.78 is 10.7. The zero-order valence-electron chi connectivity index (χ0n) is 13.3. The highest BCUT2D eigenvalue weighted by molar-refractivity contribution is 6.30. The molecule has 0 saturated carbocycles. The number of halogens is 1. The van der Waals surface area contributed by atoms with Crippen molar-refractivity contribution in [3.8, 4) is 11.5 Å². The minimum absolute atomic E-state index is 0.0336. The van der Waals surface area contributed by atoms with Gasteiger partial charge in [-0.25, -0.2) is 0 Å². The van der Waals surface area contributed by atoms with Gasteiger partial charge in [0.05, 0.1) is 13.7 Å². The molecule has 1 N–H and O–H groups in total. The second kappa shape index (κ2) is 8.44. The van der Waals surface area contributed by atoms with Crippen LogP contribution < -0.4 is 14.8 Å². The normalized spacial score (nSPS) is 10.2. The Hall–Kier alpha value is -2.20. The average Bonchev–Trinajstić information content (AvgIpc) is 2.55. The molecule has 0 bridgehead atoms. The van der Waals surface area contributed by atoms with E-state index in [-0.39, 0.29) is 5.91 Å². The van der Waals surface area contributed by atoms with Crippen molar-refractivity contribution in [1.82, 2.24) is 0 Å². The number of amides is 1. The minimum atomic E-state index is -0.0336. The summed E-state index contributed by atoms with van der Waals surface area (Å²) in [6.45, 7) is 2.40. The van der Waals surface area contributed by atoms with Crippen molar-refractivity contribution in [1.29, 1.82) is 0 Å². The standard InChI is InChI=1S/C18H20ClNO3/c1-13-12-14(19)5-10-17(13)20-18(21)4-3-11-23-16-8-6-15(22-2)7-9-16/h5-10,12H,3-4,11H2,1-2H3,(H,20,21). The van der Waals surface area contributed by atoms with E-state index in [1.54, 1.807) is 13.2 Å². The maximum Gasteiger partial charge on any atom is 0.224 e. The number of ether oxygens (including phenoxy) is 2. The third kappa shape index (κ3) is 5.49. The quantitative estimate of drug-likeness (QED) is 0.761. The van der Waals surface area contributed by atoms with Gasteiger partial charge in [0.1, 0.15) is 11.5 Å². The second-order valence-corrected chi connectivity index (χ2v) is 5.57. The molecule has 0 aliphatic carbocycles. The van der Waals surface area contributed by atoms with E-state index in [2.05, 4.69) is 5.32 Å². The summed E-state index contributed by atoms with van der Waals surface area (Å²) in [5.74, 6) is 1.52. The lowest BCUT2D eigenvalue weighted by Gasteiger charge is -2.09. The highest BCUT2D eigenvalue weighted by Crippen LogP contribution is 2.20. The molecule has 0 aliphatic heterocycles. The lowest BCUT2D eigenvalue weighted by molar-refractivity contribution is -0.116. The molecule has 0 aromatic heterocycles. The van der Waals surface area contributed by atoms with Crippen molar-refractivity contribution in [2.75, 3.05) is 19.0 Å². The summed E-state index contributed by atoms with van der Waals surface area (Å²) in [4.78, 5) is 11.9. The molecule has 0 radical (unpaired) electrons. The zero-order valence-corrected chi connectivity index (χ0v) is 14.0. The van der Waals surface area contributed by atoms with Crippen LogP contribution in [0, 0.1) is 6.92 Å². The maximum absolute atomic E-state index is 11.9. The van der Waals surface area contributed by atoms with Gasteiger partial charge in [-0.1, -0.05) is 11.6 Å². The largest absolute Gasteiger partial charge is 0.497 e. The molecule has 2 rings (SSSR count). The van der Waals surface area contributed by atoms with E-state index >= 15 is 0 Å². The summed E-state index contributed by atoms with van der Waals surface area (Å²) in [6.07, 6.45) is 1.04. The number of hydrogen-bond donors (Lipinski definition) is 1. The summed E-state index contributed by atoms with van der Waals surface area (Å²) in [6, 6.07) is 12.8. The van der Waals surface area contributed by atoms with Crippen LogP contribution >= 0.6 is 11.6 Å². The number of anilines is 1. The van der Waals surface area contributed by atoms with Gasteiger partial charge in [-0.05, 0) is 61.4 Å². The minimum Gasteiger partial charge on any atom is -0.497 e. The van der Waals surface area contributed by atoms with Crippen LogP contribution in [-0.2, 0) is 4.79 Å². The van der Waals surface area contributed by atoms with Crippen LogP contribution in [0.5, 0.6) is 11.5 Å². The number of methoxy groups -OCH3 is 1. The van der Waals surface area contributed by atoms with Crippen molar-refractivity contribution in [2.45, 2.75) is 19.8 Å². The summed E-state index contributed by atoms with van der Waals surface area (Å²) >= 11 is 5.90. The fraction of sp³-hybridized carbons (Fsp3) is 0.278. The maximum atomic E-state index is 11.9. The topological polar surface area (TPSA) is 47.6 Å². The number of rotatable bonds is 7. The highest BCUT2D eigenvalue weighted by atomic mass is 35.5. The Morgan fingerprint density at radius 2 is 1.83 bits per heavy atom. The van der Waals surface area contributed by atoms with Gasteiger partial charge >= 0.3 is 0 Å². The number of benzene rings is 2. The fourth-order valence-corrected chi connectivity index (χ4v) is 2.30. The van der Waals surface area contributed by atoms with E-state index in [1.807, 2.05) is 43.3 Å². The van der Waals surface area contributed by atoms with Crippen LogP contribution in [0.3, 0.4) is 0 Å². The molecule has 0 aliphatic rings. The van der Waals surface area contributed by atoms with Crippen molar-refractivity contribution in [3.63, 3.8) is 0 Å². The molecule has 4 nitrogen and oxygen atoms in total. The number of hydrogen-bond acceptors (Lipinski definition) is 3. The van der Waals surface area contributed by atoms with Gasteiger partial charge in [0.15, 0.2) is 0 Å². The summed E-state index contributed by atoms with van der Waals surface area (Å²) in [7, 11) is 1.62. The van der Waals surface area contributed by atoms with Gasteiger partial charge in [-0.2, -0.15) is 0 Å². The number of carbonyl (C=O) groups is 1. The molecular formula is C18H20ClNO3. The van der Waals surface area contributed by atoms with E-state index in [0.29, 0.717) is 24.5 Å². The van der Waals surface area contributed by atoms with E-state index in [0.717, 1.165) is 22.7 Å². The monoisotopic (exact) mass is 333 g/mol. The molecular weight excluding hydrogens is 314 g/mol. The predicted molar refractivity (Wildman–Crippen MR) is 92.5 cm³/mol. The lowest BCUT2D eigenvalue weighted by atomic mass is 10.2. The molecule has 122 valence electrons. The number of aryl methyl sites for hydroxylation is 1. The van der Waals surface area contributed by atoms with Crippen LogP contribution in [0.1, 0.15) is 18.4 Å². The van der Waals surface area contributed by atoms with Crippen LogP contribution in [0.2, 0.25) is 5.02 Å². The fourth-order valence-electron chi connectivity index (χ4n) is 2.07. The molecule has 0 atom stereocenters. The van der Waals surface area contributed by atoms with Gasteiger partial charge in [-0.3, -0.25) is 4.79 Å². The van der Waals surface area contributed by atoms with E-state index < -0.39 is 0 Å². The molecule has 5 heteroatoms. The van der Waals surface area contributed by atoms with Crippen LogP contribution in [0.25, 0.3) is 0 Å². The molecule has 23 heavy (non-hydrogen) atoms. The smallest absolute Gasteiger partial charge is 0.224 e. The van der Waals surface area contributed by atoms with Gasteiger partial charge in [-0.15, -0.1) is 0 Å². The second-order valence-electron chi connectivity index (χ2n) is 5.13. The number of carbonyl (C=O) groups excluding carboxylic acids is 1. The molecule has 2 aromatic carbocycles. The molecule has 0 fully saturated rings. The van der Waals surface area contributed by atoms with Crippen LogP contribution in [0.4, 0.5) is 5.69 Å². The Morgan fingerprint density at radius 3 is 2.48 bits per heavy atom. The molecule has 2 aromatic rings.